The third-order valence-corrected chi connectivity index (χ3v) is 6.01. The second-order valence-electron chi connectivity index (χ2n) is 6.66. The van der Waals surface area contributed by atoms with Crippen LogP contribution in [0.2, 0.25) is 0 Å². The van der Waals surface area contributed by atoms with Gasteiger partial charge in [0.1, 0.15) is 0 Å². The lowest BCUT2D eigenvalue weighted by Crippen LogP contribution is -2.21. The van der Waals surface area contributed by atoms with Gasteiger partial charge in [-0.15, -0.1) is 11.3 Å². The summed E-state index contributed by atoms with van der Waals surface area (Å²) < 4.78 is 0. The van der Waals surface area contributed by atoms with Crippen molar-refractivity contribution in [1.82, 2.24) is 0 Å². The molecule has 0 amide bonds. The molecule has 2 nitrogen and oxygen atoms in total. The molecule has 1 aromatic heterocycles. The second kappa shape index (κ2) is 7.53. The van der Waals surface area contributed by atoms with E-state index in [1.165, 1.54) is 32.8 Å². The van der Waals surface area contributed by atoms with E-state index in [1.807, 2.05) is 0 Å². The Kier molecular flexibility index (Phi) is 4.95. The minimum atomic E-state index is 1.02. The Morgan fingerprint density at radius 3 is 2.33 bits per heavy atom. The van der Waals surface area contributed by atoms with Crippen molar-refractivity contribution in [1.29, 1.82) is 0 Å². The highest BCUT2D eigenvalue weighted by atomic mass is 32.1. The summed E-state index contributed by atoms with van der Waals surface area (Å²) in [5.74, 6) is 0. The fourth-order valence-corrected chi connectivity index (χ4v) is 4.59. The molecular weight excluding hydrogens is 348 g/mol. The normalized spacial score (nSPS) is 14.7. The van der Waals surface area contributed by atoms with Gasteiger partial charge < -0.3 is 4.90 Å². The van der Waals surface area contributed by atoms with Crippen molar-refractivity contribution in [2.24, 2.45) is 4.99 Å². The molecule has 0 radical (unpaired) electrons. The standard InChI is InChI=1S/C24H24N2S/c1-4-26(5-2)19-14-12-18(13-15-19)24(22-11-8-16-27-22)23-17(3)25-21-10-7-6-9-20(21)23/h6-16H,4-5H2,1-3H3. The molecule has 27 heavy (non-hydrogen) atoms. The lowest BCUT2D eigenvalue weighted by atomic mass is 9.91. The van der Waals surface area contributed by atoms with Gasteiger partial charge in [0, 0.05) is 46.1 Å². The number of anilines is 1. The van der Waals surface area contributed by atoms with Crippen LogP contribution in [0.15, 0.2) is 71.0 Å². The van der Waals surface area contributed by atoms with Crippen molar-refractivity contribution in [3.8, 4) is 0 Å². The largest absolute Gasteiger partial charge is 0.372 e. The highest BCUT2D eigenvalue weighted by molar-refractivity contribution is 7.11. The molecule has 0 unspecified atom stereocenters. The molecule has 2 aromatic carbocycles. The molecule has 0 fully saturated rings. The minimum Gasteiger partial charge on any atom is -0.372 e. The number of thiophene rings is 1. The van der Waals surface area contributed by atoms with Gasteiger partial charge in [-0.25, -0.2) is 0 Å². The molecule has 1 aliphatic heterocycles. The van der Waals surface area contributed by atoms with Crippen LogP contribution in [0.4, 0.5) is 11.4 Å². The first-order valence-corrected chi connectivity index (χ1v) is 10.4. The zero-order valence-electron chi connectivity index (χ0n) is 16.1. The van der Waals surface area contributed by atoms with E-state index < -0.39 is 0 Å². The van der Waals surface area contributed by atoms with Crippen molar-refractivity contribution in [3.05, 3.63) is 82.0 Å². The Bertz CT molecular complexity index is 991. The van der Waals surface area contributed by atoms with Crippen molar-refractivity contribution in [2.75, 3.05) is 18.0 Å². The van der Waals surface area contributed by atoms with E-state index in [4.69, 9.17) is 4.99 Å². The van der Waals surface area contributed by atoms with Gasteiger partial charge >= 0.3 is 0 Å². The molecule has 3 aromatic rings. The van der Waals surface area contributed by atoms with E-state index in [-0.39, 0.29) is 0 Å². The van der Waals surface area contributed by atoms with E-state index in [0.717, 1.165) is 24.5 Å². The summed E-state index contributed by atoms with van der Waals surface area (Å²) in [5.41, 5.74) is 8.44. The van der Waals surface area contributed by atoms with E-state index in [1.54, 1.807) is 11.3 Å². The van der Waals surface area contributed by atoms with Crippen LogP contribution in [-0.4, -0.2) is 18.8 Å². The average Bonchev–Trinajstić information content (AvgIpc) is 3.33. The highest BCUT2D eigenvalue weighted by Crippen LogP contribution is 2.42. The summed E-state index contributed by atoms with van der Waals surface area (Å²) in [4.78, 5) is 8.48. The molecule has 0 atom stereocenters. The van der Waals surface area contributed by atoms with E-state index in [2.05, 4.69) is 91.7 Å². The molecule has 3 heteroatoms. The maximum atomic E-state index is 4.82. The SMILES string of the molecule is CCN(CC)c1ccc(C(=C2C(C)=Nc3ccccc32)c2cccs2)cc1. The first kappa shape index (κ1) is 17.7. The van der Waals surface area contributed by atoms with Gasteiger partial charge in [0.25, 0.3) is 0 Å². The van der Waals surface area contributed by atoms with Crippen LogP contribution >= 0.6 is 11.3 Å². The number of rotatable bonds is 5. The number of nitrogens with zero attached hydrogens (tertiary/aromatic N) is 2. The molecule has 136 valence electrons. The number of hydrogen-bond donors (Lipinski definition) is 0. The fourth-order valence-electron chi connectivity index (χ4n) is 3.79. The second-order valence-corrected chi connectivity index (χ2v) is 7.61. The molecule has 1 aliphatic rings. The molecule has 4 rings (SSSR count). The maximum Gasteiger partial charge on any atom is 0.0712 e. The molecule has 0 spiro atoms. The Labute approximate surface area is 165 Å². The van der Waals surface area contributed by atoms with E-state index in [9.17, 15) is 0 Å². The van der Waals surface area contributed by atoms with Crippen LogP contribution in [0.25, 0.3) is 11.1 Å². The lowest BCUT2D eigenvalue weighted by molar-refractivity contribution is 0.866. The third-order valence-electron chi connectivity index (χ3n) is 5.13. The van der Waals surface area contributed by atoms with Crippen molar-refractivity contribution >= 4 is 39.6 Å². The molecule has 0 N–H and O–H groups in total. The number of aliphatic imine (C=N–C) groups is 1. The number of para-hydroxylation sites is 1. The monoisotopic (exact) mass is 372 g/mol. The average molecular weight is 373 g/mol. The predicted molar refractivity (Wildman–Crippen MR) is 119 cm³/mol. The molecule has 0 saturated heterocycles. The topological polar surface area (TPSA) is 15.6 Å². The number of benzene rings is 2. The quantitative estimate of drug-likeness (QED) is 0.489. The first-order chi connectivity index (χ1) is 13.2. The van der Waals surface area contributed by atoms with Crippen LogP contribution in [0, 0.1) is 0 Å². The van der Waals surface area contributed by atoms with Crippen LogP contribution in [0.5, 0.6) is 0 Å². The Morgan fingerprint density at radius 1 is 0.926 bits per heavy atom. The van der Waals surface area contributed by atoms with Crippen molar-refractivity contribution in [2.45, 2.75) is 20.8 Å². The van der Waals surface area contributed by atoms with Crippen LogP contribution in [0.1, 0.15) is 36.8 Å². The van der Waals surface area contributed by atoms with Gasteiger partial charge in [-0.3, -0.25) is 4.99 Å². The van der Waals surface area contributed by atoms with Gasteiger partial charge in [-0.2, -0.15) is 0 Å². The Morgan fingerprint density at radius 2 is 1.67 bits per heavy atom. The summed E-state index contributed by atoms with van der Waals surface area (Å²) in [6, 6.07) is 21.8. The summed E-state index contributed by atoms with van der Waals surface area (Å²) in [7, 11) is 0. The fraction of sp³-hybridized carbons (Fsp3) is 0.208. The van der Waals surface area contributed by atoms with Crippen molar-refractivity contribution in [3.63, 3.8) is 0 Å². The molecule has 0 bridgehead atoms. The molecule has 0 aliphatic carbocycles. The maximum absolute atomic E-state index is 4.82. The zero-order valence-corrected chi connectivity index (χ0v) is 16.9. The van der Waals surface area contributed by atoms with E-state index >= 15 is 0 Å². The van der Waals surface area contributed by atoms with Crippen molar-refractivity contribution < 1.29 is 0 Å². The minimum absolute atomic E-state index is 1.02. The molecule has 2 heterocycles. The summed E-state index contributed by atoms with van der Waals surface area (Å²) >= 11 is 1.79. The number of fused-ring (bicyclic) bond motifs is 1. The van der Waals surface area contributed by atoms with Gasteiger partial charge in [-0.1, -0.05) is 36.4 Å². The Balaban J connectivity index is 1.89. The molecular formula is C24H24N2S. The lowest BCUT2D eigenvalue weighted by Gasteiger charge is -2.21. The number of hydrogen-bond acceptors (Lipinski definition) is 3. The summed E-state index contributed by atoms with van der Waals surface area (Å²) in [6.45, 7) is 8.56. The first-order valence-electron chi connectivity index (χ1n) is 9.51. The summed E-state index contributed by atoms with van der Waals surface area (Å²) in [6.07, 6.45) is 0. The van der Waals surface area contributed by atoms with Gasteiger partial charge in [0.2, 0.25) is 0 Å². The van der Waals surface area contributed by atoms with Crippen LogP contribution < -0.4 is 4.90 Å². The smallest absolute Gasteiger partial charge is 0.0712 e. The number of allylic oxidation sites excluding steroid dienone is 1. The Hall–Kier alpha value is -2.65. The van der Waals surface area contributed by atoms with Gasteiger partial charge in [0.05, 0.1) is 5.69 Å². The van der Waals surface area contributed by atoms with E-state index in [0.29, 0.717) is 0 Å². The van der Waals surface area contributed by atoms with Crippen LogP contribution in [-0.2, 0) is 0 Å². The molecule has 0 saturated carbocycles. The van der Waals surface area contributed by atoms with Gasteiger partial charge in [-0.05, 0) is 56.0 Å². The third kappa shape index (κ3) is 3.24. The zero-order chi connectivity index (χ0) is 18.8. The van der Waals surface area contributed by atoms with Gasteiger partial charge in [0.15, 0.2) is 0 Å². The predicted octanol–water partition coefficient (Wildman–Crippen LogP) is 6.66. The highest BCUT2D eigenvalue weighted by Gasteiger charge is 2.23. The summed E-state index contributed by atoms with van der Waals surface area (Å²) in [5, 5.41) is 2.15. The van der Waals surface area contributed by atoms with Crippen LogP contribution in [0.3, 0.4) is 0 Å².